The Morgan fingerprint density at radius 1 is 0.875 bits per heavy atom. The maximum absolute atomic E-state index is 14.9. The standard InChI is InChI=1S/C29H27F3/c1-3-5-23-14-17-26(29(32)28(23)31)22-12-10-20(11-13-22)24-15-16-25(27(30)18-24)21-8-6-19(4-2)7-9-21/h4,8,10-19H,2-3,5-7,9H2,1H3. The fraction of sp³-hybridized carbons (Fsp3) is 0.241. The number of hydrogen-bond donors (Lipinski definition) is 0. The maximum atomic E-state index is 14.9. The third kappa shape index (κ3) is 4.43. The molecule has 0 aromatic heterocycles. The maximum Gasteiger partial charge on any atom is 0.166 e. The van der Waals surface area contributed by atoms with Gasteiger partial charge in [-0.1, -0.05) is 74.0 Å². The average Bonchev–Trinajstić information content (AvgIpc) is 2.82. The van der Waals surface area contributed by atoms with E-state index in [1.807, 2.05) is 37.3 Å². The van der Waals surface area contributed by atoms with Crippen molar-refractivity contribution in [1.29, 1.82) is 0 Å². The van der Waals surface area contributed by atoms with E-state index in [9.17, 15) is 13.2 Å². The van der Waals surface area contributed by atoms with E-state index >= 15 is 0 Å². The van der Waals surface area contributed by atoms with Gasteiger partial charge < -0.3 is 0 Å². The van der Waals surface area contributed by atoms with Crippen LogP contribution in [0.5, 0.6) is 0 Å². The summed E-state index contributed by atoms with van der Waals surface area (Å²) in [4.78, 5) is 0. The number of aryl methyl sites for hydroxylation is 1. The Labute approximate surface area is 188 Å². The molecule has 3 aromatic carbocycles. The molecule has 0 bridgehead atoms. The van der Waals surface area contributed by atoms with Crippen molar-refractivity contribution in [3.05, 3.63) is 102 Å². The van der Waals surface area contributed by atoms with Crippen molar-refractivity contribution >= 4 is 5.57 Å². The minimum absolute atomic E-state index is 0.234. The van der Waals surface area contributed by atoms with Gasteiger partial charge in [0.2, 0.25) is 0 Å². The quantitative estimate of drug-likeness (QED) is 0.342. The van der Waals surface area contributed by atoms with Crippen molar-refractivity contribution in [3.63, 3.8) is 0 Å². The summed E-state index contributed by atoms with van der Waals surface area (Å²) in [7, 11) is 0. The molecular formula is C29H27F3. The van der Waals surface area contributed by atoms with E-state index in [2.05, 4.69) is 12.7 Å². The SMILES string of the molecule is C=CC1CC=C(c2ccc(-c3ccc(-c4ccc(CCC)c(F)c4F)cc3)cc2F)CC1. The number of allylic oxidation sites excluding steroid dienone is 3. The van der Waals surface area contributed by atoms with Crippen LogP contribution in [0.3, 0.4) is 0 Å². The summed E-state index contributed by atoms with van der Waals surface area (Å²) >= 11 is 0. The molecule has 1 atom stereocenters. The number of hydrogen-bond acceptors (Lipinski definition) is 0. The lowest BCUT2D eigenvalue weighted by molar-refractivity contribution is 0.500. The lowest BCUT2D eigenvalue weighted by atomic mass is 9.86. The normalized spacial score (nSPS) is 16.0. The van der Waals surface area contributed by atoms with E-state index in [0.29, 0.717) is 29.0 Å². The van der Waals surface area contributed by atoms with Crippen LogP contribution in [0.4, 0.5) is 13.2 Å². The highest BCUT2D eigenvalue weighted by Crippen LogP contribution is 2.34. The van der Waals surface area contributed by atoms with E-state index < -0.39 is 11.6 Å². The Bertz CT molecular complexity index is 1160. The van der Waals surface area contributed by atoms with Crippen molar-refractivity contribution in [1.82, 2.24) is 0 Å². The number of halogens is 3. The molecule has 32 heavy (non-hydrogen) atoms. The zero-order valence-electron chi connectivity index (χ0n) is 18.3. The zero-order chi connectivity index (χ0) is 22.7. The molecule has 0 amide bonds. The molecular weight excluding hydrogens is 405 g/mol. The molecule has 0 aliphatic heterocycles. The van der Waals surface area contributed by atoms with Crippen molar-refractivity contribution in [2.75, 3.05) is 0 Å². The molecule has 0 saturated heterocycles. The van der Waals surface area contributed by atoms with Crippen LogP contribution in [0.15, 0.2) is 73.3 Å². The van der Waals surface area contributed by atoms with Crippen LogP contribution in [0.2, 0.25) is 0 Å². The van der Waals surface area contributed by atoms with Crippen molar-refractivity contribution in [2.45, 2.75) is 39.0 Å². The van der Waals surface area contributed by atoms with Gasteiger partial charge in [-0.2, -0.15) is 0 Å². The van der Waals surface area contributed by atoms with E-state index in [-0.39, 0.29) is 11.4 Å². The van der Waals surface area contributed by atoms with Gasteiger partial charge in [0.05, 0.1) is 0 Å². The van der Waals surface area contributed by atoms with Gasteiger partial charge in [-0.05, 0) is 65.5 Å². The fourth-order valence-electron chi connectivity index (χ4n) is 4.39. The van der Waals surface area contributed by atoms with Gasteiger partial charge >= 0.3 is 0 Å². The largest absolute Gasteiger partial charge is 0.206 e. The molecule has 0 radical (unpaired) electrons. The average molecular weight is 433 g/mol. The van der Waals surface area contributed by atoms with Gasteiger partial charge in [0, 0.05) is 11.1 Å². The third-order valence-electron chi connectivity index (χ3n) is 6.31. The summed E-state index contributed by atoms with van der Waals surface area (Å²) in [5, 5.41) is 0. The summed E-state index contributed by atoms with van der Waals surface area (Å²) in [5.74, 6) is -1.36. The monoisotopic (exact) mass is 432 g/mol. The second-order valence-corrected chi connectivity index (χ2v) is 8.42. The summed E-state index contributed by atoms with van der Waals surface area (Å²) in [6.45, 7) is 5.78. The fourth-order valence-corrected chi connectivity index (χ4v) is 4.39. The number of rotatable bonds is 6. The highest BCUT2D eigenvalue weighted by Gasteiger charge is 2.17. The molecule has 0 fully saturated rings. The minimum Gasteiger partial charge on any atom is -0.206 e. The topological polar surface area (TPSA) is 0 Å². The lowest BCUT2D eigenvalue weighted by Crippen LogP contribution is -2.03. The molecule has 164 valence electrons. The van der Waals surface area contributed by atoms with Gasteiger partial charge in [-0.25, -0.2) is 13.2 Å². The Kier molecular flexibility index (Phi) is 6.64. The summed E-state index contributed by atoms with van der Waals surface area (Å²) in [5.41, 5.74) is 4.50. The highest BCUT2D eigenvalue weighted by atomic mass is 19.2. The smallest absolute Gasteiger partial charge is 0.166 e. The van der Waals surface area contributed by atoms with Crippen LogP contribution in [0.1, 0.15) is 43.7 Å². The summed E-state index contributed by atoms with van der Waals surface area (Å²) < 4.78 is 43.8. The van der Waals surface area contributed by atoms with E-state index in [1.165, 1.54) is 0 Å². The van der Waals surface area contributed by atoms with Crippen molar-refractivity contribution in [3.8, 4) is 22.3 Å². The zero-order valence-corrected chi connectivity index (χ0v) is 18.3. The van der Waals surface area contributed by atoms with Crippen molar-refractivity contribution < 1.29 is 13.2 Å². The van der Waals surface area contributed by atoms with E-state index in [4.69, 9.17) is 0 Å². The molecule has 0 saturated carbocycles. The summed E-state index contributed by atoms with van der Waals surface area (Å²) in [6, 6.07) is 15.7. The second-order valence-electron chi connectivity index (χ2n) is 8.42. The van der Waals surface area contributed by atoms with Gasteiger partial charge in [0.1, 0.15) is 5.82 Å². The Morgan fingerprint density at radius 2 is 1.56 bits per heavy atom. The third-order valence-corrected chi connectivity index (χ3v) is 6.31. The van der Waals surface area contributed by atoms with Crippen LogP contribution in [-0.2, 0) is 6.42 Å². The molecule has 3 heteroatoms. The van der Waals surface area contributed by atoms with E-state index in [1.54, 1.807) is 30.3 Å². The van der Waals surface area contributed by atoms with Gasteiger partial charge in [0.25, 0.3) is 0 Å². The highest BCUT2D eigenvalue weighted by molar-refractivity contribution is 5.74. The van der Waals surface area contributed by atoms with Gasteiger partial charge in [-0.3, -0.25) is 0 Å². The van der Waals surface area contributed by atoms with Crippen LogP contribution < -0.4 is 0 Å². The first kappa shape index (κ1) is 22.1. The molecule has 0 spiro atoms. The molecule has 1 aliphatic rings. The van der Waals surface area contributed by atoms with Crippen LogP contribution in [0, 0.1) is 23.4 Å². The lowest BCUT2D eigenvalue weighted by Gasteiger charge is -2.19. The predicted molar refractivity (Wildman–Crippen MR) is 127 cm³/mol. The van der Waals surface area contributed by atoms with Crippen molar-refractivity contribution in [2.24, 2.45) is 5.92 Å². The molecule has 0 nitrogen and oxygen atoms in total. The van der Waals surface area contributed by atoms with E-state index in [0.717, 1.165) is 42.4 Å². The van der Waals surface area contributed by atoms with Gasteiger partial charge in [0.15, 0.2) is 11.6 Å². The summed E-state index contributed by atoms with van der Waals surface area (Å²) in [6.07, 6.45) is 8.09. The molecule has 0 N–H and O–H groups in total. The first-order chi connectivity index (χ1) is 15.5. The Hall–Kier alpha value is -3.07. The first-order valence-electron chi connectivity index (χ1n) is 11.2. The molecule has 1 unspecified atom stereocenters. The van der Waals surface area contributed by atoms with Crippen LogP contribution in [0.25, 0.3) is 27.8 Å². The first-order valence-corrected chi connectivity index (χ1v) is 11.2. The number of benzene rings is 3. The Balaban J connectivity index is 1.57. The van der Waals surface area contributed by atoms with Crippen LogP contribution in [-0.4, -0.2) is 0 Å². The molecule has 1 aliphatic carbocycles. The molecule has 3 aromatic rings. The predicted octanol–water partition coefficient (Wildman–Crippen LogP) is 8.76. The molecule has 4 rings (SSSR count). The van der Waals surface area contributed by atoms with Crippen LogP contribution >= 0.6 is 0 Å². The van der Waals surface area contributed by atoms with Gasteiger partial charge in [-0.15, -0.1) is 6.58 Å². The molecule has 0 heterocycles. The Morgan fingerprint density at radius 3 is 2.19 bits per heavy atom. The minimum atomic E-state index is -0.821. The second kappa shape index (κ2) is 9.60.